The lowest BCUT2D eigenvalue weighted by atomic mass is 9.78. The van der Waals surface area contributed by atoms with Gasteiger partial charge in [0.15, 0.2) is 13.2 Å². The monoisotopic (exact) mass is 1000 g/mol. The number of ketones is 3. The molecular weight excluding hydrogens is 906 g/mol. The highest BCUT2D eigenvalue weighted by Crippen LogP contribution is 2.45. The van der Waals surface area contributed by atoms with Crippen molar-refractivity contribution in [2.75, 3.05) is 41.1 Å². The maximum atomic E-state index is 14.7. The van der Waals surface area contributed by atoms with E-state index in [-0.39, 0.29) is 56.2 Å². The maximum Gasteiger partial charge on any atom is 0.329 e. The van der Waals surface area contributed by atoms with E-state index in [1.165, 1.54) is 51.5 Å². The van der Waals surface area contributed by atoms with Gasteiger partial charge in [0.1, 0.15) is 30.1 Å². The van der Waals surface area contributed by atoms with E-state index in [0.717, 1.165) is 25.0 Å². The van der Waals surface area contributed by atoms with Crippen LogP contribution in [0.5, 0.6) is 0 Å². The summed E-state index contributed by atoms with van der Waals surface area (Å²) in [6, 6.07) is -1.58. The summed E-state index contributed by atoms with van der Waals surface area (Å²) in [7, 11) is -8.03. The number of hydrogen-bond acceptors (Lipinski definition) is 14. The predicted molar refractivity (Wildman–Crippen MR) is 263 cm³/mol. The molecule has 3 fully saturated rings. The summed E-state index contributed by atoms with van der Waals surface area (Å²) < 4.78 is 162. The maximum absolute atomic E-state index is 14.7. The number of esters is 1. The third kappa shape index (κ3) is 16.2. The molecule has 0 spiro atoms. The zero-order valence-corrected chi connectivity index (χ0v) is 42.1. The van der Waals surface area contributed by atoms with E-state index in [1.807, 2.05) is 0 Å². The van der Waals surface area contributed by atoms with E-state index < -0.39 is 180 Å². The van der Waals surface area contributed by atoms with Crippen molar-refractivity contribution >= 4 is 36.6 Å². The molecule has 16 heteroatoms. The normalized spacial score (nSPS) is 43.5. The number of allylic oxidation sites excluding steroid dienone is 6. The minimum absolute atomic E-state index is 0.0349. The molecular formula is C53H84NO14P. The lowest BCUT2D eigenvalue weighted by Crippen LogP contribution is -2.61. The Kier molecular flexibility index (Phi) is 15.5. The van der Waals surface area contributed by atoms with Gasteiger partial charge < -0.3 is 43.3 Å². The number of methoxy groups -OCH3 is 3. The van der Waals surface area contributed by atoms with Crippen molar-refractivity contribution in [3.05, 3.63) is 47.6 Å². The third-order valence-corrected chi connectivity index (χ3v) is 14.5. The number of piperidine rings is 1. The SMILES string of the molecule is [2H]C([2H])([2H])O[C@H]1C[C@@H]2CC([2H])([2H])[C@@H](C)[C@@](O)(O2)C(=O)C(=O)N2CCCC[C@H]2C(=O)O[C@H]([C@H](C)C[C@@H]2CC[C@@H](OP(C)(C)=O)[C@H](OC([2H])([2H])[2H])C2)CC(=O)[C@H](C([2H])([2H])[2H])/C=C(\C)[C@@H](O)[C@@H](OC)C(=O)[C@H](C([2H])([2H])[2H])C[C@H](C)/C=C/C=C/C=C/1C. The number of nitrogens with zero attached hydrogens (tertiary/aromatic N) is 1. The van der Waals surface area contributed by atoms with Crippen LogP contribution in [0.3, 0.4) is 0 Å². The number of hydrogen-bond donors (Lipinski definition) is 2. The topological polar surface area (TPSA) is 201 Å². The van der Waals surface area contributed by atoms with Crippen LogP contribution in [-0.4, -0.2) is 140 Å². The summed E-state index contributed by atoms with van der Waals surface area (Å²) in [5.41, 5.74) is 0.00533. The fourth-order valence-corrected chi connectivity index (χ4v) is 10.4. The standard InChI is InChI=1S/C53H84NO14P/c1-32-18-14-13-15-19-33(2)44(63-8)30-40-23-21-38(7)53(61,67-40)50(58)51(59)54-25-17-16-20-41(54)52(60)66-45(35(4)28-39-22-24-43(46(29-39)64-9)68-69(11,12)62)31-42(55)34(3)27-37(6)48(57)49(65-10)47(56)36(5)26-32/h13-15,18-19,27,32,34-36,38-41,43-46,48-49,57,61H,16-17,20-26,28-31H2,1-12H3/b15-13+,18-14+,33-19+,37-27+/t32-,34-,35-,36-,38-,39+,40+,41+,43-,44+,45+,46-,48-,49+,53-/m1/s1/i3D3,5D3,8D3,9D3,21D2. The zero-order chi connectivity index (χ0) is 63.2. The lowest BCUT2D eigenvalue weighted by molar-refractivity contribution is -0.265. The van der Waals surface area contributed by atoms with Crippen LogP contribution in [0, 0.1) is 35.5 Å². The molecule has 1 saturated carbocycles. The lowest BCUT2D eigenvalue weighted by Gasteiger charge is -2.42. The van der Waals surface area contributed by atoms with Crippen molar-refractivity contribution in [2.24, 2.45) is 35.5 Å². The van der Waals surface area contributed by atoms with Gasteiger partial charge in [-0.1, -0.05) is 70.9 Å². The van der Waals surface area contributed by atoms with E-state index in [4.69, 9.17) is 47.4 Å². The number of aliphatic hydroxyl groups excluding tert-OH is 1. The number of Topliss-reactive ketones (excluding diaryl/α,β-unsaturated/α-hetero) is 3. The average molecular weight is 1000 g/mol. The highest BCUT2D eigenvalue weighted by molar-refractivity contribution is 7.57. The molecule has 0 aromatic rings. The Balaban J connectivity index is 1.89. The molecule has 3 aliphatic heterocycles. The number of fused-ring (bicyclic) bond motifs is 3. The molecule has 2 N–H and O–H groups in total. The van der Waals surface area contributed by atoms with Crippen molar-refractivity contribution in [3.63, 3.8) is 0 Å². The second-order valence-electron chi connectivity index (χ2n) is 19.7. The average Bonchev–Trinajstić information content (AvgIpc) is 1.97. The number of carbonyl (C=O) groups excluding carboxylic acids is 5. The predicted octanol–water partition coefficient (Wildman–Crippen LogP) is 7.74. The van der Waals surface area contributed by atoms with E-state index in [9.17, 15) is 38.8 Å². The van der Waals surface area contributed by atoms with Gasteiger partial charge in [-0.2, -0.15) is 0 Å². The highest BCUT2D eigenvalue weighted by Gasteiger charge is 2.53. The molecule has 390 valence electrons. The van der Waals surface area contributed by atoms with Crippen molar-refractivity contribution < 1.29 is 86.1 Å². The minimum atomic E-state index is -3.18. The van der Waals surface area contributed by atoms with Crippen LogP contribution < -0.4 is 0 Å². The van der Waals surface area contributed by atoms with Gasteiger partial charge in [-0.15, -0.1) is 0 Å². The number of aliphatic hydroxyl groups is 2. The minimum Gasteiger partial charge on any atom is -0.460 e. The molecule has 2 saturated heterocycles. The van der Waals surface area contributed by atoms with E-state index in [1.54, 1.807) is 19.9 Å². The number of amides is 1. The summed E-state index contributed by atoms with van der Waals surface area (Å²) in [6.07, 6.45) is -5.10. The number of carbonyl (C=O) groups is 5. The van der Waals surface area contributed by atoms with Crippen molar-refractivity contribution in [2.45, 2.75) is 180 Å². The van der Waals surface area contributed by atoms with Crippen LogP contribution in [0.2, 0.25) is 0 Å². The molecule has 4 rings (SSSR count). The fourth-order valence-electron chi connectivity index (χ4n) is 9.54. The molecule has 2 bridgehead atoms. The molecule has 0 aromatic heterocycles. The molecule has 0 aromatic carbocycles. The van der Waals surface area contributed by atoms with E-state index in [2.05, 4.69) is 0 Å². The molecule has 0 radical (unpaired) electrons. The summed E-state index contributed by atoms with van der Waals surface area (Å²) in [6.45, 7) is 3.49. The Hall–Kier alpha value is -3.14. The fraction of sp³-hybridized carbons (Fsp3) is 0.755. The van der Waals surface area contributed by atoms with Crippen LogP contribution in [0.25, 0.3) is 0 Å². The first kappa shape index (κ1) is 40.4. The smallest absolute Gasteiger partial charge is 0.329 e. The molecule has 1 amide bonds. The quantitative estimate of drug-likeness (QED) is 0.103. The van der Waals surface area contributed by atoms with E-state index in [0.29, 0.717) is 12.8 Å². The largest absolute Gasteiger partial charge is 0.460 e. The number of cyclic esters (lactones) is 1. The van der Waals surface area contributed by atoms with Gasteiger partial charge in [-0.05, 0) is 107 Å². The first-order valence-electron chi connectivity index (χ1n) is 30.9. The number of rotatable bonds is 8. The van der Waals surface area contributed by atoms with Crippen molar-refractivity contribution in [3.8, 4) is 0 Å². The zero-order valence-electron chi connectivity index (χ0n) is 55.2. The van der Waals surface area contributed by atoms with Gasteiger partial charge in [-0.25, -0.2) is 4.79 Å². The van der Waals surface area contributed by atoms with Gasteiger partial charge >= 0.3 is 5.97 Å². The highest BCUT2D eigenvalue weighted by atomic mass is 31.2. The van der Waals surface area contributed by atoms with Crippen molar-refractivity contribution in [1.82, 2.24) is 4.90 Å². The molecule has 15 atom stereocenters. The molecule has 15 nitrogen and oxygen atoms in total. The van der Waals surface area contributed by atoms with Crippen LogP contribution in [0.15, 0.2) is 47.6 Å². The van der Waals surface area contributed by atoms with E-state index >= 15 is 0 Å². The molecule has 1 aliphatic carbocycles. The summed E-state index contributed by atoms with van der Waals surface area (Å²) in [4.78, 5) is 73.5. The van der Waals surface area contributed by atoms with Crippen LogP contribution in [0.4, 0.5) is 0 Å². The van der Waals surface area contributed by atoms with Gasteiger partial charge in [0.05, 0.1) is 32.6 Å². The van der Waals surface area contributed by atoms with Crippen molar-refractivity contribution in [1.29, 1.82) is 0 Å². The Labute approximate surface area is 431 Å². The molecule has 69 heavy (non-hydrogen) atoms. The van der Waals surface area contributed by atoms with Gasteiger partial charge in [0, 0.05) is 82.6 Å². The van der Waals surface area contributed by atoms with Crippen LogP contribution in [0.1, 0.15) is 145 Å². The summed E-state index contributed by atoms with van der Waals surface area (Å²) >= 11 is 0. The Morgan fingerprint density at radius 3 is 2.38 bits per heavy atom. The summed E-state index contributed by atoms with van der Waals surface area (Å²) in [5.74, 6) is -17.0. The first-order chi connectivity index (χ1) is 37.9. The summed E-state index contributed by atoms with van der Waals surface area (Å²) in [5, 5.41) is 23.9. The van der Waals surface area contributed by atoms with Gasteiger partial charge in [-0.3, -0.25) is 23.7 Å². The second-order valence-corrected chi connectivity index (χ2v) is 22.4. The molecule has 0 unspecified atom stereocenters. The van der Waals surface area contributed by atoms with Gasteiger partial charge in [0.2, 0.25) is 5.79 Å². The second kappa shape index (κ2) is 26.5. The Bertz CT molecular complexity index is 2460. The van der Waals surface area contributed by atoms with Crippen LogP contribution >= 0.6 is 7.37 Å². The number of ether oxygens (including phenoxy) is 5. The first-order valence-corrected chi connectivity index (χ1v) is 26.4. The Morgan fingerprint density at radius 1 is 0.942 bits per heavy atom. The Morgan fingerprint density at radius 2 is 1.70 bits per heavy atom. The molecule has 4 aliphatic rings. The molecule has 3 heterocycles. The van der Waals surface area contributed by atoms with Crippen LogP contribution in [-0.2, 0) is 56.7 Å². The van der Waals surface area contributed by atoms with Gasteiger partial charge in [0.25, 0.3) is 11.7 Å². The third-order valence-electron chi connectivity index (χ3n) is 13.7.